The monoisotopic (exact) mass is 468 g/mol. The molecule has 1 aromatic carbocycles. The second-order valence-corrected chi connectivity index (χ2v) is 8.86. The first-order valence-electron chi connectivity index (χ1n) is 9.99. The minimum Gasteiger partial charge on any atom is -0.462 e. The van der Waals surface area contributed by atoms with E-state index in [9.17, 15) is 14.9 Å². The Morgan fingerprint density at radius 2 is 2.09 bits per heavy atom. The van der Waals surface area contributed by atoms with Gasteiger partial charge in [-0.15, -0.1) is 21.5 Å². The summed E-state index contributed by atoms with van der Waals surface area (Å²) in [5.74, 6) is 0.218. The first-order chi connectivity index (χ1) is 15.5. The molecule has 0 spiro atoms. The first kappa shape index (κ1) is 21.9. The Kier molecular flexibility index (Phi) is 6.16. The number of esters is 1. The molecule has 4 aromatic rings. The molecule has 0 unspecified atom stereocenters. The van der Waals surface area contributed by atoms with Gasteiger partial charge in [-0.25, -0.2) is 4.79 Å². The summed E-state index contributed by atoms with van der Waals surface area (Å²) in [6.45, 7) is 4.45. The SMILES string of the molecule is CCCn1c(=O)c2ccccc2n2c(SCc3c(C(=O)OCC)sc(N)c3C#N)nnc12. The number of carbonyl (C=O) groups excluding carboxylic acids is 1. The number of carbonyl (C=O) groups is 1. The molecule has 0 aliphatic heterocycles. The highest BCUT2D eigenvalue weighted by atomic mass is 32.2. The number of nitrogens with two attached hydrogens (primary N) is 1. The third kappa shape index (κ3) is 3.61. The highest BCUT2D eigenvalue weighted by molar-refractivity contribution is 7.98. The summed E-state index contributed by atoms with van der Waals surface area (Å²) in [5.41, 5.74) is 7.35. The van der Waals surface area contributed by atoms with Crippen molar-refractivity contribution in [3.05, 3.63) is 50.6 Å². The highest BCUT2D eigenvalue weighted by Crippen LogP contribution is 2.35. The number of aryl methyl sites for hydroxylation is 1. The molecule has 2 N–H and O–H groups in total. The van der Waals surface area contributed by atoms with E-state index in [0.717, 1.165) is 17.8 Å². The number of para-hydroxylation sites is 1. The van der Waals surface area contributed by atoms with Crippen molar-refractivity contribution in [2.24, 2.45) is 0 Å². The summed E-state index contributed by atoms with van der Waals surface area (Å²) < 4.78 is 8.58. The molecular formula is C21H20N6O3S2. The highest BCUT2D eigenvalue weighted by Gasteiger charge is 2.24. The number of hydrogen-bond acceptors (Lipinski definition) is 9. The van der Waals surface area contributed by atoms with Crippen molar-refractivity contribution in [1.82, 2.24) is 19.2 Å². The standard InChI is InChI=1S/C21H20N6O3S2/c1-3-9-26-18(28)12-7-5-6-8-15(12)27-20(26)24-25-21(27)31-11-14-13(10-22)17(23)32-16(14)19(29)30-4-2/h5-8H,3-4,9,11,23H2,1-2H3. The number of benzene rings is 1. The number of nitrogens with zero attached hydrogens (tertiary/aromatic N) is 5. The van der Waals surface area contributed by atoms with Gasteiger partial charge in [0.2, 0.25) is 5.78 Å². The average molecular weight is 469 g/mol. The second-order valence-electron chi connectivity index (χ2n) is 6.86. The van der Waals surface area contributed by atoms with E-state index < -0.39 is 5.97 Å². The number of aromatic nitrogens is 4. The van der Waals surface area contributed by atoms with E-state index in [2.05, 4.69) is 16.3 Å². The van der Waals surface area contributed by atoms with Crippen molar-refractivity contribution in [2.75, 3.05) is 12.3 Å². The Balaban J connectivity index is 1.82. The molecule has 0 aliphatic carbocycles. The maximum Gasteiger partial charge on any atom is 0.348 e. The predicted octanol–water partition coefficient (Wildman–Crippen LogP) is 3.44. The first-order valence-corrected chi connectivity index (χ1v) is 11.8. The Labute approximate surface area is 191 Å². The van der Waals surface area contributed by atoms with Crippen LogP contribution in [0, 0.1) is 11.3 Å². The van der Waals surface area contributed by atoms with Gasteiger partial charge in [0.15, 0.2) is 5.16 Å². The van der Waals surface area contributed by atoms with Crippen molar-refractivity contribution >= 4 is 50.7 Å². The van der Waals surface area contributed by atoms with Crippen molar-refractivity contribution < 1.29 is 9.53 Å². The van der Waals surface area contributed by atoms with Crippen LogP contribution < -0.4 is 11.3 Å². The lowest BCUT2D eigenvalue weighted by molar-refractivity contribution is 0.0531. The fourth-order valence-corrected chi connectivity index (χ4v) is 5.49. The van der Waals surface area contributed by atoms with Crippen LogP contribution in [0.3, 0.4) is 0 Å². The number of nitrogen functional groups attached to an aromatic ring is 1. The van der Waals surface area contributed by atoms with Crippen molar-refractivity contribution in [1.29, 1.82) is 5.26 Å². The average Bonchev–Trinajstić information content (AvgIpc) is 3.36. The van der Waals surface area contributed by atoms with E-state index in [1.54, 1.807) is 17.6 Å². The maximum absolute atomic E-state index is 13.0. The number of ether oxygens (including phenoxy) is 1. The minimum atomic E-state index is -0.505. The van der Waals surface area contributed by atoms with Crippen LogP contribution >= 0.6 is 23.1 Å². The molecule has 3 heterocycles. The second kappa shape index (κ2) is 9.02. The normalized spacial score (nSPS) is 11.2. The topological polar surface area (TPSA) is 128 Å². The summed E-state index contributed by atoms with van der Waals surface area (Å²) in [6, 6.07) is 9.39. The number of rotatable bonds is 7. The van der Waals surface area contributed by atoms with Gasteiger partial charge in [0, 0.05) is 17.9 Å². The zero-order valence-corrected chi connectivity index (χ0v) is 19.1. The van der Waals surface area contributed by atoms with Crippen LogP contribution in [0.4, 0.5) is 5.00 Å². The maximum atomic E-state index is 13.0. The lowest BCUT2D eigenvalue weighted by atomic mass is 10.2. The summed E-state index contributed by atoms with van der Waals surface area (Å²) in [6.07, 6.45) is 0.770. The number of hydrogen-bond donors (Lipinski definition) is 1. The zero-order valence-electron chi connectivity index (χ0n) is 17.5. The molecule has 32 heavy (non-hydrogen) atoms. The molecule has 0 fully saturated rings. The quantitative estimate of drug-likeness (QED) is 0.323. The Morgan fingerprint density at radius 3 is 2.81 bits per heavy atom. The van der Waals surface area contributed by atoms with Gasteiger partial charge < -0.3 is 10.5 Å². The van der Waals surface area contributed by atoms with Crippen LogP contribution in [0.2, 0.25) is 0 Å². The fourth-order valence-electron chi connectivity index (χ4n) is 3.50. The summed E-state index contributed by atoms with van der Waals surface area (Å²) in [7, 11) is 0. The lowest BCUT2D eigenvalue weighted by Crippen LogP contribution is -2.23. The number of thioether (sulfide) groups is 1. The fraction of sp³-hybridized carbons (Fsp3) is 0.286. The van der Waals surface area contributed by atoms with E-state index in [-0.39, 0.29) is 28.5 Å². The van der Waals surface area contributed by atoms with Gasteiger partial charge in [-0.1, -0.05) is 30.8 Å². The van der Waals surface area contributed by atoms with Gasteiger partial charge in [-0.2, -0.15) is 5.26 Å². The van der Waals surface area contributed by atoms with Crippen LogP contribution in [0.5, 0.6) is 0 Å². The van der Waals surface area contributed by atoms with Gasteiger partial charge in [-0.05, 0) is 25.5 Å². The molecule has 0 amide bonds. The van der Waals surface area contributed by atoms with Gasteiger partial charge in [-0.3, -0.25) is 13.8 Å². The third-order valence-electron chi connectivity index (χ3n) is 4.88. The molecule has 0 saturated heterocycles. The predicted molar refractivity (Wildman–Crippen MR) is 124 cm³/mol. The van der Waals surface area contributed by atoms with Gasteiger partial charge in [0.25, 0.3) is 5.56 Å². The van der Waals surface area contributed by atoms with Crippen molar-refractivity contribution in [3.63, 3.8) is 0 Å². The number of thiophene rings is 1. The molecule has 0 saturated carbocycles. The van der Waals surface area contributed by atoms with E-state index >= 15 is 0 Å². The van der Waals surface area contributed by atoms with Crippen LogP contribution in [0.15, 0.2) is 34.2 Å². The Morgan fingerprint density at radius 1 is 1.31 bits per heavy atom. The Hall–Kier alpha value is -3.36. The van der Waals surface area contributed by atoms with Crippen LogP contribution in [0.25, 0.3) is 16.7 Å². The molecule has 11 heteroatoms. The number of fused-ring (bicyclic) bond motifs is 3. The molecule has 0 aliphatic rings. The van der Waals surface area contributed by atoms with Gasteiger partial charge in [0.1, 0.15) is 15.9 Å². The molecule has 3 aromatic heterocycles. The van der Waals surface area contributed by atoms with E-state index in [0.29, 0.717) is 38.8 Å². The lowest BCUT2D eigenvalue weighted by Gasteiger charge is -2.10. The molecule has 4 rings (SSSR count). The summed E-state index contributed by atoms with van der Waals surface area (Å²) >= 11 is 2.36. The number of nitriles is 1. The molecule has 0 atom stereocenters. The molecular weight excluding hydrogens is 448 g/mol. The minimum absolute atomic E-state index is 0.110. The Bertz CT molecular complexity index is 1430. The van der Waals surface area contributed by atoms with Crippen LogP contribution in [-0.2, 0) is 17.0 Å². The van der Waals surface area contributed by atoms with Crippen molar-refractivity contribution in [3.8, 4) is 6.07 Å². The summed E-state index contributed by atoms with van der Waals surface area (Å²) in [4.78, 5) is 25.7. The van der Waals surface area contributed by atoms with Crippen LogP contribution in [-0.4, -0.2) is 31.7 Å². The number of anilines is 1. The smallest absolute Gasteiger partial charge is 0.348 e. The van der Waals surface area contributed by atoms with E-state index in [1.165, 1.54) is 11.8 Å². The third-order valence-corrected chi connectivity index (χ3v) is 6.87. The summed E-state index contributed by atoms with van der Waals surface area (Å²) in [5, 5.41) is 19.5. The molecule has 9 nitrogen and oxygen atoms in total. The van der Waals surface area contributed by atoms with Crippen LogP contribution in [0.1, 0.15) is 41.1 Å². The van der Waals surface area contributed by atoms with Gasteiger partial charge >= 0.3 is 5.97 Å². The van der Waals surface area contributed by atoms with Crippen molar-refractivity contribution in [2.45, 2.75) is 37.7 Å². The molecule has 164 valence electrons. The van der Waals surface area contributed by atoms with E-state index in [4.69, 9.17) is 10.5 Å². The zero-order chi connectivity index (χ0) is 22.8. The van der Waals surface area contributed by atoms with E-state index in [1.807, 2.05) is 29.5 Å². The largest absolute Gasteiger partial charge is 0.462 e. The molecule has 0 radical (unpaired) electrons. The molecule has 0 bridgehead atoms. The van der Waals surface area contributed by atoms with Gasteiger partial charge in [0.05, 0.1) is 23.1 Å².